The van der Waals surface area contributed by atoms with Crippen molar-refractivity contribution in [3.63, 3.8) is 0 Å². The number of carbonyl (C=O) groups excluding carboxylic acids is 2. The Hall–Kier alpha value is -2.95. The molecule has 0 unspecified atom stereocenters. The highest BCUT2D eigenvalue weighted by atomic mass is 16.2. The lowest BCUT2D eigenvalue weighted by molar-refractivity contribution is -0.137. The van der Waals surface area contributed by atoms with Crippen LogP contribution in [0.4, 0.5) is 0 Å². The van der Waals surface area contributed by atoms with Crippen LogP contribution in [0.2, 0.25) is 0 Å². The molecule has 2 saturated heterocycles. The highest BCUT2D eigenvalue weighted by Gasteiger charge is 2.42. The van der Waals surface area contributed by atoms with Gasteiger partial charge in [0.2, 0.25) is 11.8 Å². The molecule has 2 aliphatic heterocycles. The van der Waals surface area contributed by atoms with E-state index in [0.29, 0.717) is 19.5 Å². The normalized spacial score (nSPS) is 22.3. The van der Waals surface area contributed by atoms with Crippen molar-refractivity contribution in [2.75, 3.05) is 19.6 Å². The maximum atomic E-state index is 13.1. The number of nitrogens with zero attached hydrogens (tertiary/aromatic N) is 3. The van der Waals surface area contributed by atoms with Gasteiger partial charge in [-0.3, -0.25) is 14.6 Å². The number of pyridine rings is 1. The van der Waals surface area contributed by atoms with Crippen LogP contribution in [0.5, 0.6) is 0 Å². The van der Waals surface area contributed by atoms with Crippen LogP contribution in [0.1, 0.15) is 36.1 Å². The Labute approximate surface area is 171 Å². The molecule has 5 nitrogen and oxygen atoms in total. The molecule has 2 aromatic rings. The summed E-state index contributed by atoms with van der Waals surface area (Å²) in [4.78, 5) is 33.6. The standard InChI is InChI=1S/C24H25N3O2/c28-22-15-19(16-27(22)17-20-6-3-4-12-25-20)23(29)26-13-10-24(11-14-26)9-8-18-5-1-2-7-21(18)24/h1-9,12,19H,10-11,13-17H2/t19-/m1/s1. The van der Waals surface area contributed by atoms with Crippen molar-refractivity contribution in [2.24, 2.45) is 5.92 Å². The van der Waals surface area contributed by atoms with E-state index in [1.807, 2.05) is 23.1 Å². The number of rotatable bonds is 3. The molecular weight excluding hydrogens is 362 g/mol. The highest BCUT2D eigenvalue weighted by molar-refractivity contribution is 5.89. The summed E-state index contributed by atoms with van der Waals surface area (Å²) in [6.07, 6.45) is 8.49. The molecule has 148 valence electrons. The van der Waals surface area contributed by atoms with Gasteiger partial charge in [-0.1, -0.05) is 42.5 Å². The van der Waals surface area contributed by atoms with E-state index in [2.05, 4.69) is 41.4 Å². The fourth-order valence-corrected chi connectivity index (χ4v) is 5.03. The fourth-order valence-electron chi connectivity index (χ4n) is 5.03. The molecule has 2 fully saturated rings. The average Bonchev–Trinajstić information content (AvgIpc) is 3.30. The summed E-state index contributed by atoms with van der Waals surface area (Å²) in [5.41, 5.74) is 3.63. The molecule has 2 amide bonds. The lowest BCUT2D eigenvalue weighted by Gasteiger charge is -2.40. The molecule has 0 radical (unpaired) electrons. The third-order valence-corrected chi connectivity index (χ3v) is 6.69. The highest BCUT2D eigenvalue weighted by Crippen LogP contribution is 2.43. The molecule has 3 heterocycles. The van der Waals surface area contributed by atoms with E-state index < -0.39 is 0 Å². The van der Waals surface area contributed by atoms with Gasteiger partial charge in [0.15, 0.2) is 0 Å². The smallest absolute Gasteiger partial charge is 0.227 e. The van der Waals surface area contributed by atoms with Gasteiger partial charge in [0.25, 0.3) is 0 Å². The lowest BCUT2D eigenvalue weighted by atomic mass is 9.74. The van der Waals surface area contributed by atoms with Crippen molar-refractivity contribution in [2.45, 2.75) is 31.2 Å². The second kappa shape index (κ2) is 7.14. The Morgan fingerprint density at radius 1 is 1.10 bits per heavy atom. The quantitative estimate of drug-likeness (QED) is 0.814. The summed E-state index contributed by atoms with van der Waals surface area (Å²) in [6.45, 7) is 2.48. The van der Waals surface area contributed by atoms with E-state index in [-0.39, 0.29) is 23.1 Å². The Bertz CT molecular complexity index is 961. The first-order chi connectivity index (χ1) is 14.1. The van der Waals surface area contributed by atoms with Crippen molar-refractivity contribution in [1.29, 1.82) is 0 Å². The monoisotopic (exact) mass is 387 g/mol. The van der Waals surface area contributed by atoms with Gasteiger partial charge in [0.05, 0.1) is 18.2 Å². The predicted octanol–water partition coefficient (Wildman–Crippen LogP) is 3.02. The number of carbonyl (C=O) groups is 2. The first kappa shape index (κ1) is 18.1. The fraction of sp³-hybridized carbons (Fsp3) is 0.375. The van der Waals surface area contributed by atoms with Crippen molar-refractivity contribution >= 4 is 17.9 Å². The van der Waals surface area contributed by atoms with Crippen molar-refractivity contribution < 1.29 is 9.59 Å². The zero-order valence-electron chi connectivity index (χ0n) is 16.5. The maximum absolute atomic E-state index is 13.1. The van der Waals surface area contributed by atoms with Crippen LogP contribution in [-0.2, 0) is 21.5 Å². The largest absolute Gasteiger partial charge is 0.342 e. The Morgan fingerprint density at radius 3 is 2.69 bits per heavy atom. The molecule has 1 aliphatic carbocycles. The van der Waals surface area contributed by atoms with Crippen LogP contribution in [0, 0.1) is 5.92 Å². The predicted molar refractivity (Wildman–Crippen MR) is 111 cm³/mol. The molecule has 1 atom stereocenters. The van der Waals surface area contributed by atoms with E-state index in [4.69, 9.17) is 0 Å². The van der Waals surface area contributed by atoms with Crippen LogP contribution < -0.4 is 0 Å². The molecule has 5 rings (SSSR count). The van der Waals surface area contributed by atoms with E-state index >= 15 is 0 Å². The number of benzene rings is 1. The minimum absolute atomic E-state index is 0.0511. The Balaban J connectivity index is 1.22. The number of fused-ring (bicyclic) bond motifs is 2. The number of aromatic nitrogens is 1. The second-order valence-corrected chi connectivity index (χ2v) is 8.40. The van der Waals surface area contributed by atoms with Gasteiger partial charge in [0.1, 0.15) is 0 Å². The van der Waals surface area contributed by atoms with E-state index in [1.165, 1.54) is 11.1 Å². The number of piperidine rings is 1. The lowest BCUT2D eigenvalue weighted by Crippen LogP contribution is -2.46. The molecule has 1 spiro atoms. The summed E-state index contributed by atoms with van der Waals surface area (Å²) >= 11 is 0. The summed E-state index contributed by atoms with van der Waals surface area (Å²) in [5, 5.41) is 0. The molecule has 5 heteroatoms. The zero-order valence-corrected chi connectivity index (χ0v) is 16.5. The molecule has 0 N–H and O–H groups in total. The molecule has 1 aromatic carbocycles. The maximum Gasteiger partial charge on any atom is 0.227 e. The Morgan fingerprint density at radius 2 is 1.90 bits per heavy atom. The van der Waals surface area contributed by atoms with Crippen LogP contribution in [0.15, 0.2) is 54.7 Å². The zero-order chi connectivity index (χ0) is 19.8. The van der Waals surface area contributed by atoms with E-state index in [9.17, 15) is 9.59 Å². The molecule has 1 aromatic heterocycles. The van der Waals surface area contributed by atoms with E-state index in [1.54, 1.807) is 11.1 Å². The summed E-state index contributed by atoms with van der Waals surface area (Å²) in [6, 6.07) is 14.3. The van der Waals surface area contributed by atoms with Gasteiger partial charge in [-0.2, -0.15) is 0 Å². The van der Waals surface area contributed by atoms with Gasteiger partial charge in [-0.05, 0) is 36.1 Å². The van der Waals surface area contributed by atoms with E-state index in [0.717, 1.165) is 31.6 Å². The Kier molecular flexibility index (Phi) is 4.46. The molecule has 0 saturated carbocycles. The van der Waals surface area contributed by atoms with Gasteiger partial charge in [0, 0.05) is 37.7 Å². The SMILES string of the molecule is O=C1C[C@@H](C(=O)N2CCC3(C=Cc4ccccc43)CC2)CN1Cc1ccccn1. The number of likely N-dealkylation sites (tertiary alicyclic amines) is 2. The molecule has 29 heavy (non-hydrogen) atoms. The number of hydrogen-bond donors (Lipinski definition) is 0. The third kappa shape index (κ3) is 3.24. The van der Waals surface area contributed by atoms with Gasteiger partial charge < -0.3 is 9.80 Å². The first-order valence-electron chi connectivity index (χ1n) is 10.4. The van der Waals surface area contributed by atoms with Gasteiger partial charge in [-0.25, -0.2) is 0 Å². The molecule has 3 aliphatic rings. The number of allylic oxidation sites excluding steroid dienone is 1. The summed E-state index contributed by atoms with van der Waals surface area (Å²) in [7, 11) is 0. The van der Waals surface area contributed by atoms with Crippen LogP contribution in [-0.4, -0.2) is 46.2 Å². The van der Waals surface area contributed by atoms with Crippen LogP contribution in [0.25, 0.3) is 6.08 Å². The summed E-state index contributed by atoms with van der Waals surface area (Å²) < 4.78 is 0. The molecular formula is C24H25N3O2. The van der Waals surface area contributed by atoms with Gasteiger partial charge in [-0.15, -0.1) is 0 Å². The van der Waals surface area contributed by atoms with Crippen molar-refractivity contribution in [3.8, 4) is 0 Å². The van der Waals surface area contributed by atoms with Crippen LogP contribution in [0.3, 0.4) is 0 Å². The minimum atomic E-state index is -0.230. The van der Waals surface area contributed by atoms with Crippen molar-refractivity contribution in [1.82, 2.24) is 14.8 Å². The number of amides is 2. The summed E-state index contributed by atoms with van der Waals surface area (Å²) in [5.74, 6) is -0.0474. The molecule has 0 bridgehead atoms. The number of hydrogen-bond acceptors (Lipinski definition) is 3. The van der Waals surface area contributed by atoms with Crippen molar-refractivity contribution in [3.05, 3.63) is 71.6 Å². The van der Waals surface area contributed by atoms with Gasteiger partial charge >= 0.3 is 0 Å². The first-order valence-corrected chi connectivity index (χ1v) is 10.4. The van der Waals surface area contributed by atoms with Crippen LogP contribution >= 0.6 is 0 Å². The third-order valence-electron chi connectivity index (χ3n) is 6.69. The minimum Gasteiger partial charge on any atom is -0.342 e. The topological polar surface area (TPSA) is 53.5 Å². The average molecular weight is 387 g/mol. The second-order valence-electron chi connectivity index (χ2n) is 8.40.